The average molecular weight is 300 g/mol. The summed E-state index contributed by atoms with van der Waals surface area (Å²) in [6.45, 7) is 4.93. The van der Waals surface area contributed by atoms with Gasteiger partial charge in [0, 0.05) is 4.88 Å². The summed E-state index contributed by atoms with van der Waals surface area (Å²) >= 11 is 1.57. The van der Waals surface area contributed by atoms with Crippen molar-refractivity contribution < 1.29 is 4.74 Å². The van der Waals surface area contributed by atoms with E-state index in [0.717, 1.165) is 26.4 Å². The lowest BCUT2D eigenvalue weighted by Crippen LogP contribution is -2.23. The third-order valence-electron chi connectivity index (χ3n) is 3.50. The van der Waals surface area contributed by atoms with Crippen molar-refractivity contribution in [1.82, 2.24) is 9.55 Å². The molecular formula is C16H16N2O2S. The molecule has 2 heterocycles. The second-order valence-corrected chi connectivity index (χ2v) is 6.07. The summed E-state index contributed by atoms with van der Waals surface area (Å²) in [7, 11) is 0. The number of para-hydroxylation sites is 1. The molecule has 3 aromatic rings. The molecule has 5 heteroatoms. The Morgan fingerprint density at radius 1 is 1.24 bits per heavy atom. The molecule has 0 N–H and O–H groups in total. The predicted octanol–water partition coefficient (Wildman–Crippen LogP) is 3.15. The molecular weight excluding hydrogens is 284 g/mol. The predicted molar refractivity (Wildman–Crippen MR) is 85.3 cm³/mol. The normalized spacial score (nSPS) is 11.0. The first-order chi connectivity index (χ1) is 10.2. The summed E-state index contributed by atoms with van der Waals surface area (Å²) in [4.78, 5) is 18.8. The van der Waals surface area contributed by atoms with Gasteiger partial charge >= 0.3 is 0 Å². The van der Waals surface area contributed by atoms with E-state index in [1.165, 1.54) is 0 Å². The average Bonchev–Trinajstić information content (AvgIpc) is 2.78. The fourth-order valence-corrected chi connectivity index (χ4v) is 3.20. The van der Waals surface area contributed by atoms with E-state index in [-0.39, 0.29) is 5.56 Å². The molecule has 0 saturated carbocycles. The molecule has 1 aromatic carbocycles. The molecule has 0 aliphatic rings. The quantitative estimate of drug-likeness (QED) is 0.743. The number of hydrogen-bond acceptors (Lipinski definition) is 4. The summed E-state index contributed by atoms with van der Waals surface area (Å²) in [5.41, 5.74) is 1.05. The largest absolute Gasteiger partial charge is 0.492 e. The summed E-state index contributed by atoms with van der Waals surface area (Å²) < 4.78 is 7.24. The van der Waals surface area contributed by atoms with Gasteiger partial charge in [-0.1, -0.05) is 18.2 Å². The van der Waals surface area contributed by atoms with Crippen LogP contribution in [0.15, 0.2) is 41.5 Å². The maximum atomic E-state index is 12.5. The van der Waals surface area contributed by atoms with Crippen LogP contribution in [0.2, 0.25) is 0 Å². The highest BCUT2D eigenvalue weighted by molar-refractivity contribution is 7.18. The highest BCUT2D eigenvalue weighted by Crippen LogP contribution is 2.25. The molecule has 0 bridgehead atoms. The summed E-state index contributed by atoms with van der Waals surface area (Å²) in [6.07, 6.45) is 1.61. The van der Waals surface area contributed by atoms with Crippen molar-refractivity contribution >= 4 is 21.6 Å². The van der Waals surface area contributed by atoms with Gasteiger partial charge in [0.1, 0.15) is 17.2 Å². The van der Waals surface area contributed by atoms with Gasteiger partial charge in [-0.25, -0.2) is 4.98 Å². The van der Waals surface area contributed by atoms with Crippen LogP contribution in [-0.4, -0.2) is 16.2 Å². The lowest BCUT2D eigenvalue weighted by Gasteiger charge is -2.08. The van der Waals surface area contributed by atoms with Crippen molar-refractivity contribution in [2.75, 3.05) is 6.61 Å². The number of ether oxygens (including phenoxy) is 1. The summed E-state index contributed by atoms with van der Waals surface area (Å²) in [5, 5.41) is 0.736. The molecule has 0 spiro atoms. The maximum Gasteiger partial charge on any atom is 0.262 e. The van der Waals surface area contributed by atoms with E-state index >= 15 is 0 Å². The van der Waals surface area contributed by atoms with Crippen molar-refractivity contribution in [3.8, 4) is 5.75 Å². The van der Waals surface area contributed by atoms with Crippen LogP contribution in [0.25, 0.3) is 10.2 Å². The number of thiophene rings is 1. The molecule has 108 valence electrons. The molecule has 0 unspecified atom stereocenters. The van der Waals surface area contributed by atoms with Crippen LogP contribution in [0.3, 0.4) is 0 Å². The number of nitrogens with zero attached hydrogens (tertiary/aromatic N) is 2. The second kappa shape index (κ2) is 5.69. The first-order valence-electron chi connectivity index (χ1n) is 6.80. The SMILES string of the molecule is Cc1sc2ncn(CCOc3ccccc3)c(=O)c2c1C. The van der Waals surface area contributed by atoms with E-state index in [1.807, 2.05) is 44.2 Å². The molecule has 0 aliphatic heterocycles. The van der Waals surface area contributed by atoms with Crippen molar-refractivity contribution in [2.24, 2.45) is 0 Å². The number of fused-ring (bicyclic) bond motifs is 1. The van der Waals surface area contributed by atoms with Crippen LogP contribution in [0.1, 0.15) is 10.4 Å². The molecule has 0 amide bonds. The number of aryl methyl sites for hydroxylation is 2. The van der Waals surface area contributed by atoms with Gasteiger partial charge in [-0.15, -0.1) is 11.3 Å². The zero-order valence-electron chi connectivity index (χ0n) is 12.0. The Balaban J connectivity index is 1.80. The smallest absolute Gasteiger partial charge is 0.262 e. The molecule has 0 atom stereocenters. The molecule has 21 heavy (non-hydrogen) atoms. The first kappa shape index (κ1) is 13.8. The Kier molecular flexibility index (Phi) is 3.75. The molecule has 4 nitrogen and oxygen atoms in total. The van der Waals surface area contributed by atoms with E-state index < -0.39 is 0 Å². The van der Waals surface area contributed by atoms with Crippen LogP contribution in [0.4, 0.5) is 0 Å². The topological polar surface area (TPSA) is 44.1 Å². The van der Waals surface area contributed by atoms with Crippen molar-refractivity contribution in [2.45, 2.75) is 20.4 Å². The van der Waals surface area contributed by atoms with E-state index in [2.05, 4.69) is 4.98 Å². The summed E-state index contributed by atoms with van der Waals surface area (Å²) in [5.74, 6) is 0.808. The van der Waals surface area contributed by atoms with Crippen molar-refractivity contribution in [3.63, 3.8) is 0 Å². The fraction of sp³-hybridized carbons (Fsp3) is 0.250. The minimum absolute atomic E-state index is 0.0125. The van der Waals surface area contributed by atoms with Gasteiger partial charge in [-0.2, -0.15) is 0 Å². The van der Waals surface area contributed by atoms with Gasteiger partial charge in [0.05, 0.1) is 18.3 Å². The Hall–Kier alpha value is -2.14. The van der Waals surface area contributed by atoms with Gasteiger partial charge in [0.25, 0.3) is 5.56 Å². The van der Waals surface area contributed by atoms with Crippen molar-refractivity contribution in [3.05, 3.63) is 57.5 Å². The van der Waals surface area contributed by atoms with Crippen LogP contribution >= 0.6 is 11.3 Å². The van der Waals surface area contributed by atoms with E-state index in [1.54, 1.807) is 22.2 Å². The van der Waals surface area contributed by atoms with Gasteiger partial charge in [0.2, 0.25) is 0 Å². The van der Waals surface area contributed by atoms with Crippen LogP contribution in [0, 0.1) is 13.8 Å². The minimum atomic E-state index is 0.0125. The Labute approximate surface area is 126 Å². The molecule has 0 aliphatic carbocycles. The minimum Gasteiger partial charge on any atom is -0.492 e. The molecule has 0 radical (unpaired) electrons. The maximum absolute atomic E-state index is 12.5. The van der Waals surface area contributed by atoms with Gasteiger partial charge in [-0.3, -0.25) is 9.36 Å². The Morgan fingerprint density at radius 2 is 2.00 bits per heavy atom. The second-order valence-electron chi connectivity index (χ2n) is 4.87. The number of hydrogen-bond donors (Lipinski definition) is 0. The Bertz CT molecular complexity index is 821. The third-order valence-corrected chi connectivity index (χ3v) is 4.62. The molecule has 2 aromatic heterocycles. The molecule has 3 rings (SSSR count). The van der Waals surface area contributed by atoms with E-state index in [4.69, 9.17) is 4.74 Å². The number of aromatic nitrogens is 2. The van der Waals surface area contributed by atoms with Gasteiger partial charge < -0.3 is 4.74 Å². The monoisotopic (exact) mass is 300 g/mol. The van der Waals surface area contributed by atoms with Crippen LogP contribution in [0.5, 0.6) is 5.75 Å². The van der Waals surface area contributed by atoms with Gasteiger partial charge in [0.15, 0.2) is 0 Å². The van der Waals surface area contributed by atoms with Crippen LogP contribution < -0.4 is 10.3 Å². The van der Waals surface area contributed by atoms with Gasteiger partial charge in [-0.05, 0) is 31.5 Å². The Morgan fingerprint density at radius 3 is 2.76 bits per heavy atom. The molecule has 0 saturated heterocycles. The third kappa shape index (κ3) is 2.69. The highest BCUT2D eigenvalue weighted by Gasteiger charge is 2.11. The molecule has 0 fully saturated rings. The van der Waals surface area contributed by atoms with E-state index in [9.17, 15) is 4.79 Å². The lowest BCUT2D eigenvalue weighted by molar-refractivity contribution is 0.296. The highest BCUT2D eigenvalue weighted by atomic mass is 32.1. The number of rotatable bonds is 4. The summed E-state index contributed by atoms with van der Waals surface area (Å²) in [6, 6.07) is 9.59. The fourth-order valence-electron chi connectivity index (χ4n) is 2.21. The van der Waals surface area contributed by atoms with Crippen molar-refractivity contribution in [1.29, 1.82) is 0 Å². The standard InChI is InChI=1S/C16H16N2O2S/c1-11-12(2)21-15-14(11)16(19)18(10-17-15)8-9-20-13-6-4-3-5-7-13/h3-7,10H,8-9H2,1-2H3. The number of benzene rings is 1. The van der Waals surface area contributed by atoms with Crippen LogP contribution in [-0.2, 0) is 6.54 Å². The zero-order chi connectivity index (χ0) is 14.8. The lowest BCUT2D eigenvalue weighted by atomic mass is 10.2. The zero-order valence-corrected chi connectivity index (χ0v) is 12.8. The first-order valence-corrected chi connectivity index (χ1v) is 7.61. The van der Waals surface area contributed by atoms with E-state index in [0.29, 0.717) is 13.2 Å².